The van der Waals surface area contributed by atoms with E-state index < -0.39 is 5.91 Å². The van der Waals surface area contributed by atoms with Gasteiger partial charge in [-0.3, -0.25) is 9.59 Å². The van der Waals surface area contributed by atoms with Crippen molar-refractivity contribution in [1.82, 2.24) is 14.9 Å². The first kappa shape index (κ1) is 20.7. The molecule has 9 heteroatoms. The number of carbonyl (C=O) groups is 2. The number of aryl methyl sites for hydroxylation is 1. The summed E-state index contributed by atoms with van der Waals surface area (Å²) < 4.78 is 7.54. The number of aromatic nitrogens is 2. The predicted molar refractivity (Wildman–Crippen MR) is 111 cm³/mol. The number of anilines is 1. The van der Waals surface area contributed by atoms with Crippen LogP contribution in [-0.2, 0) is 18.4 Å². The summed E-state index contributed by atoms with van der Waals surface area (Å²) >= 11 is 11.7. The number of imidazole rings is 1. The van der Waals surface area contributed by atoms with Gasteiger partial charge < -0.3 is 19.9 Å². The first-order valence-electron chi connectivity index (χ1n) is 8.64. The van der Waals surface area contributed by atoms with Crippen molar-refractivity contribution in [3.8, 4) is 5.75 Å². The van der Waals surface area contributed by atoms with Gasteiger partial charge in [-0.05, 0) is 42.5 Å². The summed E-state index contributed by atoms with van der Waals surface area (Å²) in [4.78, 5) is 28.3. The van der Waals surface area contributed by atoms with Gasteiger partial charge in [-0.1, -0.05) is 23.2 Å². The first-order chi connectivity index (χ1) is 13.9. The van der Waals surface area contributed by atoms with Crippen molar-refractivity contribution in [2.24, 2.45) is 7.05 Å². The molecule has 1 heterocycles. The maximum atomic E-state index is 12.1. The zero-order valence-electron chi connectivity index (χ0n) is 15.5. The van der Waals surface area contributed by atoms with E-state index in [2.05, 4.69) is 15.6 Å². The Hall–Kier alpha value is -3.03. The van der Waals surface area contributed by atoms with E-state index in [1.807, 2.05) is 17.8 Å². The maximum absolute atomic E-state index is 12.1. The van der Waals surface area contributed by atoms with E-state index in [0.29, 0.717) is 28.6 Å². The molecule has 0 saturated carbocycles. The van der Waals surface area contributed by atoms with Crippen LogP contribution in [0, 0.1) is 0 Å². The number of hydrogen-bond donors (Lipinski definition) is 2. The molecule has 1 aromatic heterocycles. The van der Waals surface area contributed by atoms with E-state index in [0.717, 1.165) is 5.82 Å². The van der Waals surface area contributed by atoms with E-state index in [1.54, 1.807) is 30.5 Å². The summed E-state index contributed by atoms with van der Waals surface area (Å²) in [5.41, 5.74) is 0.907. The summed E-state index contributed by atoms with van der Waals surface area (Å²) in [7, 11) is 1.89. The molecule has 0 atom stereocenters. The number of rotatable bonds is 7. The van der Waals surface area contributed by atoms with Crippen molar-refractivity contribution >= 4 is 40.7 Å². The van der Waals surface area contributed by atoms with Crippen molar-refractivity contribution in [1.29, 1.82) is 0 Å². The third kappa shape index (κ3) is 5.73. The lowest BCUT2D eigenvalue weighted by molar-refractivity contribution is -0.115. The minimum Gasteiger partial charge on any atom is -0.486 e. The fraction of sp³-hybridized carbons (Fsp3) is 0.150. The Bertz CT molecular complexity index is 1020. The zero-order chi connectivity index (χ0) is 20.8. The molecule has 2 aromatic carbocycles. The van der Waals surface area contributed by atoms with Crippen LogP contribution >= 0.6 is 23.2 Å². The van der Waals surface area contributed by atoms with E-state index in [4.69, 9.17) is 27.9 Å². The van der Waals surface area contributed by atoms with Crippen molar-refractivity contribution < 1.29 is 14.3 Å². The molecule has 7 nitrogen and oxygen atoms in total. The Labute approximate surface area is 177 Å². The van der Waals surface area contributed by atoms with E-state index in [1.165, 1.54) is 18.2 Å². The fourth-order valence-corrected chi connectivity index (χ4v) is 2.72. The van der Waals surface area contributed by atoms with E-state index in [9.17, 15) is 9.59 Å². The van der Waals surface area contributed by atoms with Crippen molar-refractivity contribution in [3.63, 3.8) is 0 Å². The topological polar surface area (TPSA) is 85.2 Å². The summed E-state index contributed by atoms with van der Waals surface area (Å²) in [5.74, 6) is 0.677. The number of amides is 2. The van der Waals surface area contributed by atoms with Crippen LogP contribution in [0.25, 0.3) is 0 Å². The average molecular weight is 433 g/mol. The van der Waals surface area contributed by atoms with Gasteiger partial charge >= 0.3 is 0 Å². The number of nitrogens with one attached hydrogen (secondary N) is 2. The number of halogens is 2. The molecule has 29 heavy (non-hydrogen) atoms. The van der Waals surface area contributed by atoms with Crippen LogP contribution in [0.4, 0.5) is 5.69 Å². The van der Waals surface area contributed by atoms with Gasteiger partial charge in [-0.2, -0.15) is 0 Å². The number of nitrogens with zero attached hydrogens (tertiary/aromatic N) is 2. The minimum absolute atomic E-state index is 0.184. The van der Waals surface area contributed by atoms with Gasteiger partial charge in [0.1, 0.15) is 18.2 Å². The molecule has 0 spiro atoms. The fourth-order valence-electron chi connectivity index (χ4n) is 2.42. The van der Waals surface area contributed by atoms with Crippen LogP contribution < -0.4 is 15.4 Å². The molecule has 0 bridgehead atoms. The molecule has 0 aliphatic heterocycles. The number of ether oxygens (including phenoxy) is 1. The molecule has 3 aromatic rings. The number of benzene rings is 2. The summed E-state index contributed by atoms with van der Waals surface area (Å²) in [6.07, 6.45) is 3.55. The summed E-state index contributed by atoms with van der Waals surface area (Å²) in [6.45, 7) is 0.159. The molecule has 2 N–H and O–H groups in total. The second-order valence-electron chi connectivity index (χ2n) is 6.13. The Kier molecular flexibility index (Phi) is 6.74. The Morgan fingerprint density at radius 1 is 1.10 bits per heavy atom. The lowest BCUT2D eigenvalue weighted by Gasteiger charge is -2.09. The normalized spacial score (nSPS) is 10.4. The highest BCUT2D eigenvalue weighted by Gasteiger charge is 2.10. The quantitative estimate of drug-likeness (QED) is 0.596. The van der Waals surface area contributed by atoms with Gasteiger partial charge in [0.05, 0.1) is 16.6 Å². The van der Waals surface area contributed by atoms with Gasteiger partial charge in [0, 0.05) is 30.7 Å². The van der Waals surface area contributed by atoms with Crippen molar-refractivity contribution in [3.05, 3.63) is 76.3 Å². The standard InChI is InChI=1S/C20H18Cl2N4O3/c1-26-9-8-23-18(26)12-29-15-5-3-14(4-6-15)25-19(27)11-24-20(28)13-2-7-16(21)17(22)10-13/h2-10H,11-12H2,1H3,(H,24,28)(H,25,27). The zero-order valence-corrected chi connectivity index (χ0v) is 17.0. The Balaban J connectivity index is 1.47. The smallest absolute Gasteiger partial charge is 0.251 e. The Morgan fingerprint density at radius 3 is 2.52 bits per heavy atom. The van der Waals surface area contributed by atoms with Gasteiger partial charge in [0.2, 0.25) is 5.91 Å². The van der Waals surface area contributed by atoms with E-state index in [-0.39, 0.29) is 17.5 Å². The van der Waals surface area contributed by atoms with Gasteiger partial charge in [0.25, 0.3) is 5.91 Å². The molecule has 3 rings (SSSR count). The molecular formula is C20H18Cl2N4O3. The lowest BCUT2D eigenvalue weighted by atomic mass is 10.2. The average Bonchev–Trinajstić information content (AvgIpc) is 3.12. The maximum Gasteiger partial charge on any atom is 0.251 e. The van der Waals surface area contributed by atoms with Gasteiger partial charge in [-0.15, -0.1) is 0 Å². The summed E-state index contributed by atoms with van der Waals surface area (Å²) in [5, 5.41) is 5.86. The number of carbonyl (C=O) groups excluding carboxylic acids is 2. The molecule has 150 valence electrons. The Morgan fingerprint density at radius 2 is 1.86 bits per heavy atom. The predicted octanol–water partition coefficient (Wildman–Crippen LogP) is 3.67. The highest BCUT2D eigenvalue weighted by atomic mass is 35.5. The SMILES string of the molecule is Cn1ccnc1COc1ccc(NC(=O)CNC(=O)c2ccc(Cl)c(Cl)c2)cc1. The molecule has 0 aliphatic rings. The van der Waals surface area contributed by atoms with E-state index >= 15 is 0 Å². The lowest BCUT2D eigenvalue weighted by Crippen LogP contribution is -2.32. The monoisotopic (exact) mass is 432 g/mol. The molecule has 0 aliphatic carbocycles. The highest BCUT2D eigenvalue weighted by Crippen LogP contribution is 2.22. The third-order valence-corrected chi connectivity index (χ3v) is 4.76. The molecular weight excluding hydrogens is 415 g/mol. The van der Waals surface area contributed by atoms with Gasteiger partial charge in [-0.25, -0.2) is 4.98 Å². The van der Waals surface area contributed by atoms with Crippen LogP contribution in [0.2, 0.25) is 10.0 Å². The van der Waals surface area contributed by atoms with Crippen LogP contribution in [0.5, 0.6) is 5.75 Å². The van der Waals surface area contributed by atoms with Crippen LogP contribution in [0.15, 0.2) is 54.9 Å². The molecule has 2 amide bonds. The molecule has 0 unspecified atom stereocenters. The van der Waals surface area contributed by atoms with Crippen molar-refractivity contribution in [2.75, 3.05) is 11.9 Å². The molecule has 0 fully saturated rings. The first-order valence-corrected chi connectivity index (χ1v) is 9.40. The molecule has 0 radical (unpaired) electrons. The highest BCUT2D eigenvalue weighted by molar-refractivity contribution is 6.42. The van der Waals surface area contributed by atoms with Crippen LogP contribution in [-0.4, -0.2) is 27.9 Å². The number of hydrogen-bond acceptors (Lipinski definition) is 4. The molecule has 0 saturated heterocycles. The second-order valence-corrected chi connectivity index (χ2v) is 6.94. The second kappa shape index (κ2) is 9.45. The largest absolute Gasteiger partial charge is 0.486 e. The van der Waals surface area contributed by atoms with Crippen molar-refractivity contribution in [2.45, 2.75) is 6.61 Å². The van der Waals surface area contributed by atoms with Crippen LogP contribution in [0.1, 0.15) is 16.2 Å². The third-order valence-electron chi connectivity index (χ3n) is 4.02. The minimum atomic E-state index is -0.420. The summed E-state index contributed by atoms with van der Waals surface area (Å²) in [6, 6.07) is 11.4. The van der Waals surface area contributed by atoms with Crippen LogP contribution in [0.3, 0.4) is 0 Å². The van der Waals surface area contributed by atoms with Gasteiger partial charge in [0.15, 0.2) is 0 Å².